The normalized spacial score (nSPS) is 23.5. The van der Waals surface area contributed by atoms with E-state index in [0.717, 1.165) is 42.6 Å². The number of carbonyl (C=O) groups excluding carboxylic acids is 1. The first-order chi connectivity index (χ1) is 14.0. The summed E-state index contributed by atoms with van der Waals surface area (Å²) < 4.78 is 6.45. The highest BCUT2D eigenvalue weighted by molar-refractivity contribution is 8.01. The van der Waals surface area contributed by atoms with E-state index in [-0.39, 0.29) is 11.6 Å². The molecule has 0 unspecified atom stereocenters. The van der Waals surface area contributed by atoms with Gasteiger partial charge in [0, 0.05) is 30.6 Å². The molecule has 1 aromatic heterocycles. The summed E-state index contributed by atoms with van der Waals surface area (Å²) in [5.74, 6) is 0.935. The Kier molecular flexibility index (Phi) is 6.01. The van der Waals surface area contributed by atoms with Gasteiger partial charge in [-0.2, -0.15) is 5.26 Å². The van der Waals surface area contributed by atoms with Crippen molar-refractivity contribution in [2.45, 2.75) is 35.7 Å². The van der Waals surface area contributed by atoms with Gasteiger partial charge in [-0.05, 0) is 44.0 Å². The van der Waals surface area contributed by atoms with Crippen molar-refractivity contribution in [3.05, 3.63) is 29.8 Å². The molecule has 2 aromatic rings. The van der Waals surface area contributed by atoms with Gasteiger partial charge in [-0.15, -0.1) is 10.2 Å². The van der Waals surface area contributed by atoms with Crippen molar-refractivity contribution in [2.75, 3.05) is 36.1 Å². The first kappa shape index (κ1) is 20.1. The smallest absolute Gasteiger partial charge is 0.325 e. The van der Waals surface area contributed by atoms with Crippen LogP contribution in [-0.4, -0.2) is 58.2 Å². The standard InChI is InChI=1S/C19H22N6O2S2/c1-13-10-19(12-27-19)6-7-25(13)8-9-28-18-24-23-17(29-18)22-16(26)21-15-4-2-14(11-20)3-5-15/h2-5,13H,6-10,12H2,1H3,(H2,21,22,23,26)/t13-,19+/m0/s1. The van der Waals surface area contributed by atoms with Gasteiger partial charge in [0.1, 0.15) is 0 Å². The first-order valence-corrected chi connectivity index (χ1v) is 11.3. The fraction of sp³-hybridized carbons (Fsp3) is 0.474. The molecule has 2 amide bonds. The number of likely N-dealkylation sites (tertiary alicyclic amines) is 1. The molecule has 29 heavy (non-hydrogen) atoms. The monoisotopic (exact) mass is 430 g/mol. The lowest BCUT2D eigenvalue weighted by Crippen LogP contribution is -2.45. The molecule has 2 atom stereocenters. The maximum Gasteiger partial charge on any atom is 0.325 e. The first-order valence-electron chi connectivity index (χ1n) is 9.48. The van der Waals surface area contributed by atoms with Gasteiger partial charge in [-0.1, -0.05) is 23.1 Å². The van der Waals surface area contributed by atoms with Gasteiger partial charge in [-0.3, -0.25) is 10.2 Å². The molecule has 1 spiro atoms. The lowest BCUT2D eigenvalue weighted by atomic mass is 9.92. The molecule has 10 heteroatoms. The second-order valence-corrected chi connectivity index (χ2v) is 9.62. The Morgan fingerprint density at radius 3 is 2.90 bits per heavy atom. The van der Waals surface area contributed by atoms with Gasteiger partial charge in [0.15, 0.2) is 4.34 Å². The molecule has 0 bridgehead atoms. The van der Waals surface area contributed by atoms with E-state index in [9.17, 15) is 4.79 Å². The number of hydrogen-bond acceptors (Lipinski definition) is 8. The zero-order valence-corrected chi connectivity index (χ0v) is 17.7. The van der Waals surface area contributed by atoms with Gasteiger partial charge < -0.3 is 10.1 Å². The van der Waals surface area contributed by atoms with Crippen LogP contribution in [0.1, 0.15) is 25.3 Å². The second kappa shape index (κ2) is 8.67. The molecule has 2 saturated heterocycles. The molecule has 1 aromatic carbocycles. The van der Waals surface area contributed by atoms with Crippen molar-refractivity contribution in [1.29, 1.82) is 5.26 Å². The van der Waals surface area contributed by atoms with Crippen molar-refractivity contribution >= 4 is 39.9 Å². The summed E-state index contributed by atoms with van der Waals surface area (Å²) in [5, 5.41) is 22.8. The van der Waals surface area contributed by atoms with E-state index in [1.807, 2.05) is 6.07 Å². The molecule has 2 aliphatic rings. The molecule has 0 aliphatic carbocycles. The summed E-state index contributed by atoms with van der Waals surface area (Å²) in [5.41, 5.74) is 1.34. The van der Waals surface area contributed by atoms with Crippen molar-refractivity contribution in [3.63, 3.8) is 0 Å². The number of piperidine rings is 1. The summed E-state index contributed by atoms with van der Waals surface area (Å²) in [6.45, 7) is 5.29. The molecule has 2 aliphatic heterocycles. The summed E-state index contributed by atoms with van der Waals surface area (Å²) in [7, 11) is 0. The Bertz CT molecular complexity index is 906. The number of carbonyl (C=O) groups is 1. The highest BCUT2D eigenvalue weighted by Gasteiger charge is 2.48. The zero-order valence-electron chi connectivity index (χ0n) is 16.1. The largest absolute Gasteiger partial charge is 0.369 e. The number of rotatable bonds is 6. The van der Waals surface area contributed by atoms with E-state index >= 15 is 0 Å². The molecule has 8 nitrogen and oxygen atoms in total. The summed E-state index contributed by atoms with van der Waals surface area (Å²) in [4.78, 5) is 14.6. The van der Waals surface area contributed by atoms with Crippen LogP contribution in [0.15, 0.2) is 28.6 Å². The number of nitrogens with zero attached hydrogens (tertiary/aromatic N) is 4. The van der Waals surface area contributed by atoms with Crippen LogP contribution in [-0.2, 0) is 4.74 Å². The third-order valence-corrected chi connectivity index (χ3v) is 7.15. The molecule has 2 N–H and O–H groups in total. The van der Waals surface area contributed by atoms with Crippen LogP contribution in [0.3, 0.4) is 0 Å². The zero-order chi connectivity index (χ0) is 20.3. The Morgan fingerprint density at radius 1 is 1.41 bits per heavy atom. The van der Waals surface area contributed by atoms with Crippen molar-refractivity contribution in [2.24, 2.45) is 0 Å². The number of hydrogen-bond donors (Lipinski definition) is 2. The number of benzene rings is 1. The minimum absolute atomic E-state index is 0.196. The molecule has 4 rings (SSSR count). The molecular formula is C19H22N6O2S2. The fourth-order valence-corrected chi connectivity index (χ4v) is 5.28. The maximum atomic E-state index is 12.1. The van der Waals surface area contributed by atoms with E-state index in [1.54, 1.807) is 36.0 Å². The lowest BCUT2D eigenvalue weighted by Gasteiger charge is -2.36. The lowest BCUT2D eigenvalue weighted by molar-refractivity contribution is 0.103. The molecular weight excluding hydrogens is 408 g/mol. The van der Waals surface area contributed by atoms with Crippen LogP contribution < -0.4 is 10.6 Å². The minimum atomic E-state index is -0.388. The number of thioether (sulfide) groups is 1. The Balaban J connectivity index is 1.20. The van der Waals surface area contributed by atoms with E-state index in [4.69, 9.17) is 10.00 Å². The van der Waals surface area contributed by atoms with Gasteiger partial charge in [0.25, 0.3) is 0 Å². The van der Waals surface area contributed by atoms with Crippen LogP contribution in [0.2, 0.25) is 0 Å². The second-order valence-electron chi connectivity index (χ2n) is 7.30. The number of amides is 2. The van der Waals surface area contributed by atoms with Crippen molar-refractivity contribution in [1.82, 2.24) is 15.1 Å². The highest BCUT2D eigenvalue weighted by Crippen LogP contribution is 2.40. The predicted molar refractivity (Wildman–Crippen MR) is 113 cm³/mol. The van der Waals surface area contributed by atoms with E-state index in [2.05, 4.69) is 32.7 Å². The Labute approximate surface area is 177 Å². The Hall–Kier alpha value is -2.19. The maximum absolute atomic E-state index is 12.1. The van der Waals surface area contributed by atoms with E-state index in [1.165, 1.54) is 11.3 Å². The molecule has 3 heterocycles. The van der Waals surface area contributed by atoms with Gasteiger partial charge in [0.2, 0.25) is 5.13 Å². The highest BCUT2D eigenvalue weighted by atomic mass is 32.2. The summed E-state index contributed by atoms with van der Waals surface area (Å²) in [6.07, 6.45) is 2.25. The third-order valence-electron chi connectivity index (χ3n) is 5.20. The number of nitrogens with one attached hydrogen (secondary N) is 2. The van der Waals surface area contributed by atoms with Gasteiger partial charge in [0.05, 0.1) is 23.8 Å². The van der Waals surface area contributed by atoms with E-state index < -0.39 is 0 Å². The number of urea groups is 1. The average molecular weight is 431 g/mol. The number of anilines is 2. The van der Waals surface area contributed by atoms with Crippen LogP contribution in [0, 0.1) is 11.3 Å². The number of epoxide rings is 1. The van der Waals surface area contributed by atoms with Crippen LogP contribution in [0.5, 0.6) is 0 Å². The molecule has 152 valence electrons. The topological polar surface area (TPSA) is 106 Å². The Morgan fingerprint density at radius 2 is 2.21 bits per heavy atom. The summed E-state index contributed by atoms with van der Waals surface area (Å²) in [6, 6.07) is 8.85. The van der Waals surface area contributed by atoms with Crippen molar-refractivity contribution in [3.8, 4) is 6.07 Å². The molecule has 2 fully saturated rings. The van der Waals surface area contributed by atoms with E-state index in [0.29, 0.717) is 22.4 Å². The third kappa shape index (κ3) is 5.25. The predicted octanol–water partition coefficient (Wildman–Crippen LogP) is 3.40. The van der Waals surface area contributed by atoms with Gasteiger partial charge >= 0.3 is 6.03 Å². The number of nitriles is 1. The minimum Gasteiger partial charge on any atom is -0.369 e. The summed E-state index contributed by atoms with van der Waals surface area (Å²) >= 11 is 3.02. The SMILES string of the molecule is C[C@H]1C[C@]2(CCN1CCSc1nnc(NC(=O)Nc3ccc(C#N)cc3)s1)CO2. The average Bonchev–Trinajstić information content (AvgIpc) is 3.31. The fourth-order valence-electron chi connectivity index (χ4n) is 3.49. The van der Waals surface area contributed by atoms with Crippen LogP contribution >= 0.6 is 23.1 Å². The van der Waals surface area contributed by atoms with Gasteiger partial charge in [-0.25, -0.2) is 4.79 Å². The molecule has 0 saturated carbocycles. The number of ether oxygens (including phenoxy) is 1. The quantitative estimate of drug-likeness (QED) is 0.411. The molecule has 0 radical (unpaired) electrons. The number of aromatic nitrogens is 2. The van der Waals surface area contributed by atoms with Crippen molar-refractivity contribution < 1.29 is 9.53 Å². The van der Waals surface area contributed by atoms with Crippen LogP contribution in [0.25, 0.3) is 0 Å². The van der Waals surface area contributed by atoms with Crippen LogP contribution in [0.4, 0.5) is 15.6 Å².